The van der Waals surface area contributed by atoms with Gasteiger partial charge >= 0.3 is 0 Å². The zero-order chi connectivity index (χ0) is 13.5. The largest absolute Gasteiger partial charge is 0.380 e. The zero-order valence-corrected chi connectivity index (χ0v) is 11.8. The topological polar surface area (TPSA) is 40.2 Å². The van der Waals surface area contributed by atoms with Crippen molar-refractivity contribution in [2.75, 3.05) is 19.8 Å². The van der Waals surface area contributed by atoms with E-state index in [9.17, 15) is 0 Å². The third-order valence-electron chi connectivity index (χ3n) is 3.40. The van der Waals surface area contributed by atoms with Crippen molar-refractivity contribution in [3.63, 3.8) is 0 Å². The van der Waals surface area contributed by atoms with Gasteiger partial charge < -0.3 is 15.0 Å². The van der Waals surface area contributed by atoms with E-state index in [0.29, 0.717) is 6.54 Å². The molecule has 0 fully saturated rings. The van der Waals surface area contributed by atoms with Crippen molar-refractivity contribution in [3.8, 4) is 0 Å². The number of rotatable bonds is 8. The second-order valence-electron chi connectivity index (χ2n) is 4.87. The van der Waals surface area contributed by atoms with E-state index < -0.39 is 0 Å². The van der Waals surface area contributed by atoms with Crippen molar-refractivity contribution >= 4 is 10.9 Å². The third-order valence-corrected chi connectivity index (χ3v) is 3.40. The molecule has 0 unspecified atom stereocenters. The van der Waals surface area contributed by atoms with Gasteiger partial charge in [0.05, 0.1) is 12.1 Å². The van der Waals surface area contributed by atoms with E-state index in [1.54, 1.807) is 0 Å². The minimum absolute atomic E-state index is 0.692. The summed E-state index contributed by atoms with van der Waals surface area (Å²) in [5, 5.41) is 1.29. The van der Waals surface area contributed by atoms with E-state index in [1.165, 1.54) is 22.9 Å². The van der Waals surface area contributed by atoms with E-state index in [2.05, 4.69) is 42.0 Å². The van der Waals surface area contributed by atoms with Crippen LogP contribution in [-0.2, 0) is 17.7 Å². The Hall–Kier alpha value is -1.32. The number of ether oxygens (including phenoxy) is 1. The number of benzene rings is 1. The molecular weight excluding hydrogens is 236 g/mol. The maximum absolute atomic E-state index is 5.69. The van der Waals surface area contributed by atoms with Gasteiger partial charge in [0.1, 0.15) is 0 Å². The Labute approximate surface area is 115 Å². The quantitative estimate of drug-likeness (QED) is 0.741. The van der Waals surface area contributed by atoms with E-state index in [1.807, 2.05) is 0 Å². The number of nitrogens with zero attached hydrogens (tertiary/aromatic N) is 1. The summed E-state index contributed by atoms with van der Waals surface area (Å²) in [6.07, 6.45) is 5.41. The van der Waals surface area contributed by atoms with Crippen molar-refractivity contribution in [1.29, 1.82) is 0 Å². The van der Waals surface area contributed by atoms with Gasteiger partial charge in [-0.25, -0.2) is 0 Å². The van der Waals surface area contributed by atoms with Crippen molar-refractivity contribution in [2.45, 2.75) is 32.7 Å². The lowest BCUT2D eigenvalue weighted by atomic mass is 10.1. The van der Waals surface area contributed by atoms with Crippen LogP contribution in [0.25, 0.3) is 10.9 Å². The summed E-state index contributed by atoms with van der Waals surface area (Å²) in [4.78, 5) is 0. The van der Waals surface area contributed by atoms with Gasteiger partial charge in [-0.15, -0.1) is 0 Å². The van der Waals surface area contributed by atoms with Crippen LogP contribution in [0, 0.1) is 0 Å². The van der Waals surface area contributed by atoms with Crippen LogP contribution in [0.1, 0.15) is 25.3 Å². The Balaban J connectivity index is 2.05. The molecular formula is C16H24N2O. The van der Waals surface area contributed by atoms with Crippen LogP contribution in [0.4, 0.5) is 0 Å². The molecule has 0 spiro atoms. The summed E-state index contributed by atoms with van der Waals surface area (Å²) >= 11 is 0. The standard InChI is InChI=1S/C16H24N2O/c1-2-3-12-19-13-11-18-10-8-15-6-4-5-14(7-9-17)16(15)18/h4-6,8,10H,2-3,7,9,11-13,17H2,1H3. The van der Waals surface area contributed by atoms with Crippen LogP contribution in [0.5, 0.6) is 0 Å². The number of unbranched alkanes of at least 4 members (excludes halogenated alkanes) is 1. The van der Waals surface area contributed by atoms with E-state index in [4.69, 9.17) is 10.5 Å². The lowest BCUT2D eigenvalue weighted by Crippen LogP contribution is -2.08. The van der Waals surface area contributed by atoms with Crippen LogP contribution in [0.3, 0.4) is 0 Å². The molecule has 19 heavy (non-hydrogen) atoms. The first-order chi connectivity index (χ1) is 9.36. The Morgan fingerprint density at radius 3 is 2.89 bits per heavy atom. The van der Waals surface area contributed by atoms with Gasteiger partial charge in [0.15, 0.2) is 0 Å². The van der Waals surface area contributed by atoms with Crippen molar-refractivity contribution in [2.24, 2.45) is 5.73 Å². The average Bonchev–Trinajstić information content (AvgIpc) is 2.83. The van der Waals surface area contributed by atoms with Crippen LogP contribution < -0.4 is 5.73 Å². The van der Waals surface area contributed by atoms with E-state index >= 15 is 0 Å². The SMILES string of the molecule is CCCCOCCn1ccc2cccc(CCN)c21. The van der Waals surface area contributed by atoms with Crippen LogP contribution in [0.15, 0.2) is 30.5 Å². The lowest BCUT2D eigenvalue weighted by molar-refractivity contribution is 0.124. The molecule has 0 bridgehead atoms. The Morgan fingerprint density at radius 1 is 1.21 bits per heavy atom. The molecule has 2 aromatic rings. The highest BCUT2D eigenvalue weighted by Gasteiger charge is 2.05. The number of fused-ring (bicyclic) bond motifs is 1. The van der Waals surface area contributed by atoms with Crippen molar-refractivity contribution < 1.29 is 4.74 Å². The van der Waals surface area contributed by atoms with E-state index in [-0.39, 0.29) is 0 Å². The Bertz CT molecular complexity index is 504. The smallest absolute Gasteiger partial charge is 0.0645 e. The predicted molar refractivity (Wildman–Crippen MR) is 80.4 cm³/mol. The highest BCUT2D eigenvalue weighted by molar-refractivity contribution is 5.83. The fourth-order valence-corrected chi connectivity index (χ4v) is 2.40. The van der Waals surface area contributed by atoms with Gasteiger partial charge in [-0.2, -0.15) is 0 Å². The van der Waals surface area contributed by atoms with Crippen LogP contribution >= 0.6 is 0 Å². The third kappa shape index (κ3) is 3.58. The first-order valence-corrected chi connectivity index (χ1v) is 7.21. The monoisotopic (exact) mass is 260 g/mol. The molecule has 0 radical (unpaired) electrons. The zero-order valence-electron chi connectivity index (χ0n) is 11.8. The second-order valence-corrected chi connectivity index (χ2v) is 4.87. The molecule has 0 atom stereocenters. The first kappa shape index (κ1) is 14.1. The lowest BCUT2D eigenvalue weighted by Gasteiger charge is -2.10. The van der Waals surface area contributed by atoms with Crippen LogP contribution in [-0.4, -0.2) is 24.3 Å². The van der Waals surface area contributed by atoms with Gasteiger partial charge in [-0.05, 0) is 36.4 Å². The summed E-state index contributed by atoms with van der Waals surface area (Å²) in [5.41, 5.74) is 8.34. The predicted octanol–water partition coefficient (Wildman–Crippen LogP) is 2.96. The van der Waals surface area contributed by atoms with Crippen molar-refractivity contribution in [1.82, 2.24) is 4.57 Å². The molecule has 1 aromatic carbocycles. The Kier molecular flexibility index (Phi) is 5.43. The molecule has 0 amide bonds. The molecule has 0 aliphatic rings. The Morgan fingerprint density at radius 2 is 2.11 bits per heavy atom. The van der Waals surface area contributed by atoms with Crippen molar-refractivity contribution in [3.05, 3.63) is 36.0 Å². The van der Waals surface area contributed by atoms with Gasteiger partial charge in [0.2, 0.25) is 0 Å². The first-order valence-electron chi connectivity index (χ1n) is 7.21. The molecule has 104 valence electrons. The number of nitrogens with two attached hydrogens (primary N) is 1. The molecule has 3 nitrogen and oxygen atoms in total. The summed E-state index contributed by atoms with van der Waals surface area (Å²) in [7, 11) is 0. The van der Waals surface area contributed by atoms with Gasteiger partial charge in [0.25, 0.3) is 0 Å². The highest BCUT2D eigenvalue weighted by atomic mass is 16.5. The molecule has 1 heterocycles. The number of para-hydroxylation sites is 1. The summed E-state index contributed by atoms with van der Waals surface area (Å²) in [5.74, 6) is 0. The molecule has 1 aromatic heterocycles. The maximum atomic E-state index is 5.69. The second kappa shape index (κ2) is 7.31. The minimum Gasteiger partial charge on any atom is -0.380 e. The molecule has 2 N–H and O–H groups in total. The minimum atomic E-state index is 0.692. The normalized spacial score (nSPS) is 11.3. The fourth-order valence-electron chi connectivity index (χ4n) is 2.40. The summed E-state index contributed by atoms with van der Waals surface area (Å²) < 4.78 is 7.93. The van der Waals surface area contributed by atoms with Gasteiger partial charge in [-0.3, -0.25) is 0 Å². The fraction of sp³-hybridized carbons (Fsp3) is 0.500. The van der Waals surface area contributed by atoms with Gasteiger partial charge in [0, 0.05) is 19.3 Å². The molecule has 0 saturated carbocycles. The van der Waals surface area contributed by atoms with E-state index in [0.717, 1.165) is 32.6 Å². The molecule has 2 rings (SSSR count). The summed E-state index contributed by atoms with van der Waals surface area (Å²) in [6, 6.07) is 8.60. The molecule has 0 aliphatic carbocycles. The van der Waals surface area contributed by atoms with Crippen LogP contribution in [0.2, 0.25) is 0 Å². The summed E-state index contributed by atoms with van der Waals surface area (Å²) in [6.45, 7) is 5.43. The molecule has 3 heteroatoms. The number of hydrogen-bond acceptors (Lipinski definition) is 2. The number of hydrogen-bond donors (Lipinski definition) is 1. The number of aromatic nitrogens is 1. The van der Waals surface area contributed by atoms with Gasteiger partial charge in [-0.1, -0.05) is 31.5 Å². The maximum Gasteiger partial charge on any atom is 0.0645 e. The molecule has 0 aliphatic heterocycles. The molecule has 0 saturated heterocycles. The average molecular weight is 260 g/mol. The highest BCUT2D eigenvalue weighted by Crippen LogP contribution is 2.20.